The monoisotopic (exact) mass is 192 g/mol. The molecule has 13 heavy (non-hydrogen) atoms. The summed E-state index contributed by atoms with van der Waals surface area (Å²) in [6.07, 6.45) is -2.23. The van der Waals surface area contributed by atoms with E-state index in [9.17, 15) is 10.2 Å². The largest absolute Gasteiger partial charge is 0.385 e. The van der Waals surface area contributed by atoms with E-state index in [1.54, 1.807) is 7.11 Å². The number of aliphatic hydroxyl groups excluding tert-OH is 2. The van der Waals surface area contributed by atoms with Crippen LogP contribution in [-0.2, 0) is 14.2 Å². The number of hydrogen-bond donors (Lipinski definition) is 2. The number of aliphatic hydroxyl groups is 2. The van der Waals surface area contributed by atoms with Crippen molar-refractivity contribution in [1.82, 2.24) is 0 Å². The molecule has 2 N–H and O–H groups in total. The summed E-state index contributed by atoms with van der Waals surface area (Å²) in [6.45, 7) is 0.393. The smallest absolute Gasteiger partial charge is 0.183 e. The molecule has 1 fully saturated rings. The lowest BCUT2D eigenvalue weighted by Crippen LogP contribution is -2.50. The summed E-state index contributed by atoms with van der Waals surface area (Å²) in [4.78, 5) is 0. The molecular formula is C8H16O5. The molecule has 0 aliphatic carbocycles. The SMILES string of the molecule is COCC1CC(OC)C(O)[C@@H](O)O1. The van der Waals surface area contributed by atoms with E-state index in [0.717, 1.165) is 0 Å². The zero-order valence-corrected chi connectivity index (χ0v) is 7.84. The molecule has 0 amide bonds. The molecule has 1 saturated heterocycles. The molecule has 0 aromatic heterocycles. The lowest BCUT2D eigenvalue weighted by Gasteiger charge is -2.35. The van der Waals surface area contributed by atoms with Crippen molar-refractivity contribution in [2.75, 3.05) is 20.8 Å². The lowest BCUT2D eigenvalue weighted by molar-refractivity contribution is -0.257. The van der Waals surface area contributed by atoms with Gasteiger partial charge in [-0.15, -0.1) is 0 Å². The summed E-state index contributed by atoms with van der Waals surface area (Å²) < 4.78 is 15.0. The molecule has 5 heteroatoms. The Kier molecular flexibility index (Phi) is 4.08. The molecule has 0 bridgehead atoms. The molecule has 0 radical (unpaired) electrons. The van der Waals surface area contributed by atoms with Gasteiger partial charge in [-0.1, -0.05) is 0 Å². The Bertz CT molecular complexity index is 151. The summed E-state index contributed by atoms with van der Waals surface area (Å²) in [5.41, 5.74) is 0. The minimum atomic E-state index is -1.18. The van der Waals surface area contributed by atoms with Gasteiger partial charge in [-0.05, 0) is 0 Å². The zero-order chi connectivity index (χ0) is 9.84. The molecule has 0 saturated carbocycles. The van der Waals surface area contributed by atoms with E-state index < -0.39 is 12.4 Å². The molecule has 1 heterocycles. The highest BCUT2D eigenvalue weighted by Gasteiger charge is 2.36. The van der Waals surface area contributed by atoms with E-state index in [2.05, 4.69) is 0 Å². The third kappa shape index (κ3) is 2.62. The molecule has 5 nitrogen and oxygen atoms in total. The van der Waals surface area contributed by atoms with Crippen molar-refractivity contribution in [3.05, 3.63) is 0 Å². The van der Waals surface area contributed by atoms with Crippen molar-refractivity contribution in [3.8, 4) is 0 Å². The quantitative estimate of drug-likeness (QED) is 0.607. The number of ether oxygens (including phenoxy) is 3. The standard InChI is InChI=1S/C8H16O5/c1-11-4-5-3-6(12-2)7(9)8(10)13-5/h5-10H,3-4H2,1-2H3/t5?,6?,7?,8-/m0/s1. The van der Waals surface area contributed by atoms with E-state index in [1.165, 1.54) is 7.11 Å². The molecule has 1 aliphatic heterocycles. The molecular weight excluding hydrogens is 176 g/mol. The highest BCUT2D eigenvalue weighted by atomic mass is 16.6. The van der Waals surface area contributed by atoms with E-state index in [1.807, 2.05) is 0 Å². The van der Waals surface area contributed by atoms with Crippen LogP contribution < -0.4 is 0 Å². The van der Waals surface area contributed by atoms with Gasteiger partial charge in [0, 0.05) is 20.6 Å². The first-order valence-corrected chi connectivity index (χ1v) is 4.22. The third-order valence-electron chi connectivity index (χ3n) is 2.16. The minimum absolute atomic E-state index is 0.214. The molecule has 3 unspecified atom stereocenters. The van der Waals surface area contributed by atoms with Crippen molar-refractivity contribution in [1.29, 1.82) is 0 Å². The van der Waals surface area contributed by atoms with Crippen LogP contribution >= 0.6 is 0 Å². The van der Waals surface area contributed by atoms with Crippen LogP contribution in [0, 0.1) is 0 Å². The van der Waals surface area contributed by atoms with Gasteiger partial charge in [0.15, 0.2) is 6.29 Å². The van der Waals surface area contributed by atoms with Gasteiger partial charge in [0.2, 0.25) is 0 Å². The van der Waals surface area contributed by atoms with Crippen LogP contribution in [0.25, 0.3) is 0 Å². The topological polar surface area (TPSA) is 68.2 Å². The Labute approximate surface area is 77.2 Å². The van der Waals surface area contributed by atoms with Gasteiger partial charge in [0.1, 0.15) is 6.10 Å². The molecule has 1 rings (SSSR count). The second-order valence-corrected chi connectivity index (χ2v) is 3.10. The summed E-state index contributed by atoms with van der Waals surface area (Å²) in [7, 11) is 3.05. The highest BCUT2D eigenvalue weighted by Crippen LogP contribution is 2.21. The van der Waals surface area contributed by atoms with E-state index in [0.29, 0.717) is 13.0 Å². The first kappa shape index (κ1) is 10.9. The van der Waals surface area contributed by atoms with E-state index in [-0.39, 0.29) is 12.2 Å². The van der Waals surface area contributed by atoms with Gasteiger partial charge in [0.05, 0.1) is 18.8 Å². The fourth-order valence-electron chi connectivity index (χ4n) is 1.44. The predicted molar refractivity (Wildman–Crippen MR) is 44.2 cm³/mol. The van der Waals surface area contributed by atoms with Gasteiger partial charge < -0.3 is 24.4 Å². The van der Waals surface area contributed by atoms with Crippen molar-refractivity contribution < 1.29 is 24.4 Å². The van der Waals surface area contributed by atoms with Crippen LogP contribution in [0.4, 0.5) is 0 Å². The molecule has 1 aliphatic rings. The van der Waals surface area contributed by atoms with Crippen molar-refractivity contribution >= 4 is 0 Å². The summed E-state index contributed by atoms with van der Waals surface area (Å²) in [5, 5.41) is 18.7. The van der Waals surface area contributed by atoms with Crippen LogP contribution in [0.3, 0.4) is 0 Å². The number of methoxy groups -OCH3 is 2. The Morgan fingerprint density at radius 1 is 1.38 bits per heavy atom. The lowest BCUT2D eigenvalue weighted by atomic mass is 10.0. The first-order valence-electron chi connectivity index (χ1n) is 4.22. The normalized spacial score (nSPS) is 40.6. The Balaban J connectivity index is 2.47. The van der Waals surface area contributed by atoms with Crippen LogP contribution in [0.1, 0.15) is 6.42 Å². The zero-order valence-electron chi connectivity index (χ0n) is 7.84. The first-order chi connectivity index (χ1) is 6.19. The Morgan fingerprint density at radius 3 is 2.62 bits per heavy atom. The van der Waals surface area contributed by atoms with Gasteiger partial charge in [-0.2, -0.15) is 0 Å². The second-order valence-electron chi connectivity index (χ2n) is 3.10. The Hall–Kier alpha value is -0.200. The van der Waals surface area contributed by atoms with Crippen molar-refractivity contribution in [2.45, 2.75) is 31.0 Å². The Morgan fingerprint density at radius 2 is 2.08 bits per heavy atom. The minimum Gasteiger partial charge on any atom is -0.385 e. The summed E-state index contributed by atoms with van der Waals surface area (Å²) >= 11 is 0. The highest BCUT2D eigenvalue weighted by molar-refractivity contribution is 4.81. The van der Waals surface area contributed by atoms with Crippen molar-refractivity contribution in [2.24, 2.45) is 0 Å². The van der Waals surface area contributed by atoms with Gasteiger partial charge in [-0.3, -0.25) is 0 Å². The second kappa shape index (κ2) is 4.88. The molecule has 0 aromatic carbocycles. The van der Waals surface area contributed by atoms with Crippen LogP contribution in [-0.4, -0.2) is 55.6 Å². The number of hydrogen-bond acceptors (Lipinski definition) is 5. The molecule has 4 atom stereocenters. The fraction of sp³-hybridized carbons (Fsp3) is 1.00. The average Bonchev–Trinajstić information content (AvgIpc) is 2.11. The number of rotatable bonds is 3. The van der Waals surface area contributed by atoms with Crippen LogP contribution in [0.5, 0.6) is 0 Å². The predicted octanol–water partition coefficient (Wildman–Crippen LogP) is -0.884. The molecule has 0 spiro atoms. The van der Waals surface area contributed by atoms with E-state index in [4.69, 9.17) is 14.2 Å². The van der Waals surface area contributed by atoms with Gasteiger partial charge >= 0.3 is 0 Å². The summed E-state index contributed by atoms with van der Waals surface area (Å²) in [6, 6.07) is 0. The average molecular weight is 192 g/mol. The van der Waals surface area contributed by atoms with Crippen LogP contribution in [0.2, 0.25) is 0 Å². The third-order valence-corrected chi connectivity index (χ3v) is 2.16. The maximum absolute atomic E-state index is 9.38. The van der Waals surface area contributed by atoms with Gasteiger partial charge in [0.25, 0.3) is 0 Å². The molecule has 78 valence electrons. The molecule has 0 aromatic rings. The van der Waals surface area contributed by atoms with E-state index >= 15 is 0 Å². The maximum Gasteiger partial charge on any atom is 0.183 e. The summed E-state index contributed by atoms with van der Waals surface area (Å²) in [5.74, 6) is 0. The van der Waals surface area contributed by atoms with Crippen molar-refractivity contribution in [3.63, 3.8) is 0 Å². The fourth-order valence-corrected chi connectivity index (χ4v) is 1.44. The maximum atomic E-state index is 9.38. The van der Waals surface area contributed by atoms with Gasteiger partial charge in [-0.25, -0.2) is 0 Å². The van der Waals surface area contributed by atoms with Crippen LogP contribution in [0.15, 0.2) is 0 Å².